The zero-order chi connectivity index (χ0) is 11.3. The summed E-state index contributed by atoms with van der Waals surface area (Å²) in [5.74, 6) is 0. The maximum atomic E-state index is 11.8. The van der Waals surface area contributed by atoms with Gasteiger partial charge in [0.05, 0.1) is 17.2 Å². The van der Waals surface area contributed by atoms with E-state index in [0.29, 0.717) is 5.52 Å². The fraction of sp³-hybridized carbons (Fsp3) is 0.0909. The van der Waals surface area contributed by atoms with Crippen molar-refractivity contribution in [3.8, 4) is 0 Å². The minimum Gasteiger partial charge on any atom is -0.318 e. The molecule has 0 aliphatic heterocycles. The Morgan fingerprint density at radius 2 is 2.12 bits per heavy atom. The summed E-state index contributed by atoms with van der Waals surface area (Å²) in [4.78, 5) is 14.7. The van der Waals surface area contributed by atoms with E-state index in [4.69, 9.17) is 0 Å². The predicted molar refractivity (Wildman–Crippen MR) is 65.8 cm³/mol. The van der Waals surface area contributed by atoms with Gasteiger partial charge in [0.1, 0.15) is 5.52 Å². The van der Waals surface area contributed by atoms with Gasteiger partial charge in [-0.25, -0.2) is 4.52 Å². The smallest absolute Gasteiger partial charge is 0.274 e. The zero-order valence-electron chi connectivity index (χ0n) is 8.49. The summed E-state index contributed by atoms with van der Waals surface area (Å²) in [7, 11) is 0. The molecule has 0 spiro atoms. The van der Waals surface area contributed by atoms with Crippen molar-refractivity contribution in [2.45, 2.75) is 6.92 Å². The molecular formula is C11H8BrN3O. The normalized spacial score (nSPS) is 11.4. The highest BCUT2D eigenvalue weighted by atomic mass is 79.9. The standard InChI is InChI=1S/C11H8BrN3O/c1-6-7(12)2-3-8-10(6)14-11(16)9-4-5-13-15(8)9/h2-5H,1H3,(H,14,16). The topological polar surface area (TPSA) is 50.2 Å². The van der Waals surface area contributed by atoms with Gasteiger partial charge in [-0.3, -0.25) is 4.79 Å². The Kier molecular flexibility index (Phi) is 1.91. The number of H-pyrrole nitrogens is 1. The lowest BCUT2D eigenvalue weighted by Gasteiger charge is -2.05. The quantitative estimate of drug-likeness (QED) is 0.685. The largest absolute Gasteiger partial charge is 0.318 e. The van der Waals surface area contributed by atoms with Crippen LogP contribution in [0.2, 0.25) is 0 Å². The molecule has 4 nitrogen and oxygen atoms in total. The van der Waals surface area contributed by atoms with E-state index in [1.807, 2.05) is 19.1 Å². The molecule has 3 aromatic rings. The van der Waals surface area contributed by atoms with Crippen molar-refractivity contribution in [1.29, 1.82) is 0 Å². The van der Waals surface area contributed by atoms with Gasteiger partial charge in [-0.15, -0.1) is 0 Å². The number of nitrogens with one attached hydrogen (secondary N) is 1. The third-order valence-electron chi connectivity index (χ3n) is 2.72. The molecule has 0 atom stereocenters. The van der Waals surface area contributed by atoms with Gasteiger partial charge in [0.2, 0.25) is 0 Å². The molecule has 0 aliphatic rings. The Morgan fingerprint density at radius 3 is 2.94 bits per heavy atom. The molecule has 3 rings (SSSR count). The number of aromatic amines is 1. The van der Waals surface area contributed by atoms with Crippen LogP contribution in [-0.4, -0.2) is 14.6 Å². The molecule has 0 amide bonds. The second-order valence-corrected chi connectivity index (χ2v) is 4.50. The third-order valence-corrected chi connectivity index (χ3v) is 3.58. The van der Waals surface area contributed by atoms with E-state index in [1.54, 1.807) is 16.8 Å². The van der Waals surface area contributed by atoms with Crippen LogP contribution in [0.4, 0.5) is 0 Å². The third kappa shape index (κ3) is 1.15. The Bertz CT molecular complexity index is 757. The molecule has 0 saturated carbocycles. The van der Waals surface area contributed by atoms with E-state index < -0.39 is 0 Å². The Morgan fingerprint density at radius 1 is 1.31 bits per heavy atom. The lowest BCUT2D eigenvalue weighted by Crippen LogP contribution is -2.11. The second kappa shape index (κ2) is 3.18. The maximum Gasteiger partial charge on any atom is 0.274 e. The number of aromatic nitrogens is 3. The van der Waals surface area contributed by atoms with Crippen molar-refractivity contribution >= 4 is 32.5 Å². The SMILES string of the molecule is Cc1c(Br)ccc2c1[nH]c(=O)c1ccnn12. The van der Waals surface area contributed by atoms with E-state index in [2.05, 4.69) is 26.0 Å². The van der Waals surface area contributed by atoms with Crippen LogP contribution in [0, 0.1) is 6.92 Å². The minimum atomic E-state index is -0.119. The number of fused-ring (bicyclic) bond motifs is 3. The number of nitrogens with zero attached hydrogens (tertiary/aromatic N) is 2. The average molecular weight is 278 g/mol. The second-order valence-electron chi connectivity index (χ2n) is 3.65. The molecule has 0 saturated heterocycles. The van der Waals surface area contributed by atoms with Crippen molar-refractivity contribution < 1.29 is 0 Å². The van der Waals surface area contributed by atoms with Gasteiger partial charge in [0, 0.05) is 4.47 Å². The summed E-state index contributed by atoms with van der Waals surface area (Å²) in [5, 5.41) is 4.16. The molecule has 0 bridgehead atoms. The van der Waals surface area contributed by atoms with E-state index in [0.717, 1.165) is 21.1 Å². The summed E-state index contributed by atoms with van der Waals surface area (Å²) in [6, 6.07) is 5.59. The van der Waals surface area contributed by atoms with Crippen LogP contribution in [0.1, 0.15) is 5.56 Å². The van der Waals surface area contributed by atoms with Crippen molar-refractivity contribution in [2.75, 3.05) is 0 Å². The van der Waals surface area contributed by atoms with Gasteiger partial charge in [-0.05, 0) is 30.7 Å². The van der Waals surface area contributed by atoms with Crippen molar-refractivity contribution in [3.05, 3.63) is 44.8 Å². The van der Waals surface area contributed by atoms with Crippen LogP contribution in [0.15, 0.2) is 33.7 Å². The maximum absolute atomic E-state index is 11.8. The summed E-state index contributed by atoms with van der Waals surface area (Å²) in [6.07, 6.45) is 1.63. The minimum absolute atomic E-state index is 0.119. The number of rotatable bonds is 0. The van der Waals surface area contributed by atoms with Crippen LogP contribution in [0.5, 0.6) is 0 Å². The number of aryl methyl sites for hydroxylation is 1. The van der Waals surface area contributed by atoms with E-state index >= 15 is 0 Å². The first kappa shape index (κ1) is 9.59. The highest BCUT2D eigenvalue weighted by molar-refractivity contribution is 9.10. The Balaban J connectivity index is 2.68. The van der Waals surface area contributed by atoms with Crippen LogP contribution >= 0.6 is 15.9 Å². The Labute approximate surface area is 99.0 Å². The molecule has 0 radical (unpaired) electrons. The van der Waals surface area contributed by atoms with Crippen LogP contribution in [-0.2, 0) is 0 Å². The van der Waals surface area contributed by atoms with Gasteiger partial charge in [-0.1, -0.05) is 15.9 Å². The van der Waals surface area contributed by atoms with Crippen molar-refractivity contribution in [1.82, 2.24) is 14.6 Å². The lowest BCUT2D eigenvalue weighted by atomic mass is 10.2. The van der Waals surface area contributed by atoms with Gasteiger partial charge < -0.3 is 4.98 Å². The number of halogens is 1. The molecule has 2 aromatic heterocycles. The highest BCUT2D eigenvalue weighted by Crippen LogP contribution is 2.23. The van der Waals surface area contributed by atoms with Gasteiger partial charge in [0.15, 0.2) is 0 Å². The molecule has 0 unspecified atom stereocenters. The summed E-state index contributed by atoms with van der Waals surface area (Å²) < 4.78 is 2.63. The van der Waals surface area contributed by atoms with Gasteiger partial charge >= 0.3 is 0 Å². The summed E-state index contributed by atoms with van der Waals surface area (Å²) in [5.41, 5.74) is 3.17. The van der Waals surface area contributed by atoms with Crippen LogP contribution < -0.4 is 5.56 Å². The number of benzene rings is 1. The predicted octanol–water partition coefficient (Wildman–Crippen LogP) is 2.25. The average Bonchev–Trinajstić information content (AvgIpc) is 2.74. The van der Waals surface area contributed by atoms with E-state index in [9.17, 15) is 4.79 Å². The van der Waals surface area contributed by atoms with Gasteiger partial charge in [0.25, 0.3) is 5.56 Å². The highest BCUT2D eigenvalue weighted by Gasteiger charge is 2.08. The fourth-order valence-corrected chi connectivity index (χ4v) is 2.18. The lowest BCUT2D eigenvalue weighted by molar-refractivity contribution is 0.985. The van der Waals surface area contributed by atoms with Crippen LogP contribution in [0.3, 0.4) is 0 Å². The molecule has 2 heterocycles. The molecule has 1 N–H and O–H groups in total. The number of hydrogen-bond acceptors (Lipinski definition) is 2. The monoisotopic (exact) mass is 277 g/mol. The molecule has 80 valence electrons. The Hall–Kier alpha value is -1.62. The zero-order valence-corrected chi connectivity index (χ0v) is 10.1. The molecule has 5 heteroatoms. The van der Waals surface area contributed by atoms with Crippen molar-refractivity contribution in [2.24, 2.45) is 0 Å². The molecule has 1 aromatic carbocycles. The van der Waals surface area contributed by atoms with E-state index in [-0.39, 0.29) is 5.56 Å². The first-order valence-electron chi connectivity index (χ1n) is 4.83. The molecule has 0 aliphatic carbocycles. The summed E-state index contributed by atoms with van der Waals surface area (Å²) in [6.45, 7) is 1.96. The first-order chi connectivity index (χ1) is 7.68. The first-order valence-corrected chi connectivity index (χ1v) is 5.62. The fourth-order valence-electron chi connectivity index (χ4n) is 1.85. The van der Waals surface area contributed by atoms with Gasteiger partial charge in [-0.2, -0.15) is 5.10 Å². The molecule has 0 fully saturated rings. The molecule has 16 heavy (non-hydrogen) atoms. The number of hydrogen-bond donors (Lipinski definition) is 1. The van der Waals surface area contributed by atoms with Crippen LogP contribution in [0.25, 0.3) is 16.6 Å². The summed E-state index contributed by atoms with van der Waals surface area (Å²) >= 11 is 3.44. The van der Waals surface area contributed by atoms with Crippen molar-refractivity contribution in [3.63, 3.8) is 0 Å². The van der Waals surface area contributed by atoms with E-state index in [1.165, 1.54) is 0 Å². The molecular weight excluding hydrogens is 270 g/mol.